The number of nitrogens with one attached hydrogen (secondary N) is 1. The molecule has 1 saturated heterocycles. The highest BCUT2D eigenvalue weighted by Gasteiger charge is 2.31. The summed E-state index contributed by atoms with van der Waals surface area (Å²) in [7, 11) is -3.15. The summed E-state index contributed by atoms with van der Waals surface area (Å²) in [6.07, 6.45) is 3.37. The summed E-state index contributed by atoms with van der Waals surface area (Å²) in [5.74, 6) is -0.0112. The molecule has 1 heterocycles. The second-order valence-electron chi connectivity index (χ2n) is 6.21. The standard InChI is InChI=1S/C12H24N2O3S/c1-12(2,3)8-11(15)13-9-10-6-5-7-14(10)18(4,16)17/h10H,5-9H2,1-4H3,(H,13,15). The Labute approximate surface area is 110 Å². The van der Waals surface area contributed by atoms with E-state index in [0.29, 0.717) is 19.5 Å². The molecule has 0 saturated carbocycles. The second-order valence-corrected chi connectivity index (χ2v) is 8.15. The molecule has 0 spiro atoms. The average Bonchev–Trinajstić information content (AvgIpc) is 2.58. The third-order valence-electron chi connectivity index (χ3n) is 2.97. The molecule has 0 aliphatic carbocycles. The maximum atomic E-state index is 11.7. The summed E-state index contributed by atoms with van der Waals surface area (Å²) < 4.78 is 24.6. The quantitative estimate of drug-likeness (QED) is 0.832. The zero-order valence-electron chi connectivity index (χ0n) is 11.7. The van der Waals surface area contributed by atoms with E-state index in [1.54, 1.807) is 0 Å². The van der Waals surface area contributed by atoms with E-state index < -0.39 is 10.0 Å². The summed E-state index contributed by atoms with van der Waals surface area (Å²) in [4.78, 5) is 11.7. The number of carbonyl (C=O) groups excluding carboxylic acids is 1. The van der Waals surface area contributed by atoms with Gasteiger partial charge in [-0.2, -0.15) is 4.31 Å². The number of sulfonamides is 1. The smallest absolute Gasteiger partial charge is 0.220 e. The van der Waals surface area contributed by atoms with Gasteiger partial charge in [0, 0.05) is 25.6 Å². The lowest BCUT2D eigenvalue weighted by Crippen LogP contribution is -2.43. The number of amides is 1. The van der Waals surface area contributed by atoms with Gasteiger partial charge >= 0.3 is 0 Å². The Balaban J connectivity index is 2.46. The van der Waals surface area contributed by atoms with E-state index in [-0.39, 0.29) is 17.4 Å². The lowest BCUT2D eigenvalue weighted by molar-refractivity contribution is -0.122. The van der Waals surface area contributed by atoms with Crippen LogP contribution >= 0.6 is 0 Å². The number of carbonyl (C=O) groups is 1. The molecule has 18 heavy (non-hydrogen) atoms. The number of hydrogen-bond donors (Lipinski definition) is 1. The van der Waals surface area contributed by atoms with Crippen molar-refractivity contribution in [2.75, 3.05) is 19.3 Å². The average molecular weight is 276 g/mol. The maximum absolute atomic E-state index is 11.7. The molecule has 5 nitrogen and oxygen atoms in total. The van der Waals surface area contributed by atoms with Crippen LogP contribution in [0.25, 0.3) is 0 Å². The third-order valence-corrected chi connectivity index (χ3v) is 4.31. The largest absolute Gasteiger partial charge is 0.354 e. The van der Waals surface area contributed by atoms with Crippen LogP contribution in [0.2, 0.25) is 0 Å². The fourth-order valence-corrected chi connectivity index (χ4v) is 3.41. The molecular formula is C12H24N2O3S. The van der Waals surface area contributed by atoms with Crippen molar-refractivity contribution in [1.29, 1.82) is 0 Å². The Kier molecular flexibility index (Phi) is 4.78. The van der Waals surface area contributed by atoms with E-state index in [1.807, 2.05) is 20.8 Å². The Bertz CT molecular complexity index is 398. The fourth-order valence-electron chi connectivity index (χ4n) is 2.23. The minimum atomic E-state index is -3.15. The molecule has 1 aliphatic rings. The van der Waals surface area contributed by atoms with Gasteiger partial charge in [-0.25, -0.2) is 8.42 Å². The molecule has 1 N–H and O–H groups in total. The zero-order chi connectivity index (χ0) is 14.0. The highest BCUT2D eigenvalue weighted by Crippen LogP contribution is 2.20. The van der Waals surface area contributed by atoms with Gasteiger partial charge in [-0.05, 0) is 18.3 Å². The summed E-state index contributed by atoms with van der Waals surface area (Å²) in [5, 5.41) is 2.84. The maximum Gasteiger partial charge on any atom is 0.220 e. The first kappa shape index (κ1) is 15.4. The molecule has 1 unspecified atom stereocenters. The van der Waals surface area contributed by atoms with Crippen molar-refractivity contribution in [2.45, 2.75) is 46.1 Å². The van der Waals surface area contributed by atoms with Crippen LogP contribution in [0.15, 0.2) is 0 Å². The first-order valence-corrected chi connectivity index (χ1v) is 8.18. The molecule has 1 amide bonds. The van der Waals surface area contributed by atoms with Crippen LogP contribution in [0, 0.1) is 5.41 Å². The summed E-state index contributed by atoms with van der Waals surface area (Å²) in [6, 6.07) is -0.0797. The molecule has 106 valence electrons. The molecule has 1 rings (SSSR count). The minimum absolute atomic E-state index is 0.0112. The predicted octanol–water partition coefficient (Wildman–Crippen LogP) is 0.963. The number of rotatable bonds is 4. The van der Waals surface area contributed by atoms with Crippen molar-refractivity contribution in [2.24, 2.45) is 5.41 Å². The fraction of sp³-hybridized carbons (Fsp3) is 0.917. The van der Waals surface area contributed by atoms with E-state index >= 15 is 0 Å². The Hall–Kier alpha value is -0.620. The topological polar surface area (TPSA) is 66.5 Å². The summed E-state index contributed by atoms with van der Waals surface area (Å²) >= 11 is 0. The molecule has 6 heteroatoms. The van der Waals surface area contributed by atoms with Crippen molar-refractivity contribution in [1.82, 2.24) is 9.62 Å². The van der Waals surface area contributed by atoms with Crippen molar-refractivity contribution in [3.8, 4) is 0 Å². The molecule has 0 radical (unpaired) electrons. The van der Waals surface area contributed by atoms with Gasteiger partial charge in [-0.15, -0.1) is 0 Å². The normalized spacial score (nSPS) is 22.1. The van der Waals surface area contributed by atoms with Gasteiger partial charge in [0.15, 0.2) is 0 Å². The SMILES string of the molecule is CC(C)(C)CC(=O)NCC1CCCN1S(C)(=O)=O. The molecule has 1 aliphatic heterocycles. The number of nitrogens with zero attached hydrogens (tertiary/aromatic N) is 1. The highest BCUT2D eigenvalue weighted by atomic mass is 32.2. The summed E-state index contributed by atoms with van der Waals surface area (Å²) in [6.45, 7) is 7.00. The van der Waals surface area contributed by atoms with E-state index in [2.05, 4.69) is 5.32 Å². The van der Waals surface area contributed by atoms with Crippen LogP contribution in [0.5, 0.6) is 0 Å². The predicted molar refractivity (Wildman–Crippen MR) is 71.7 cm³/mol. The molecule has 0 bridgehead atoms. The Morgan fingerprint density at radius 2 is 2.00 bits per heavy atom. The van der Waals surface area contributed by atoms with E-state index in [0.717, 1.165) is 12.8 Å². The van der Waals surface area contributed by atoms with Gasteiger partial charge in [0.25, 0.3) is 0 Å². The zero-order valence-corrected chi connectivity index (χ0v) is 12.5. The highest BCUT2D eigenvalue weighted by molar-refractivity contribution is 7.88. The van der Waals surface area contributed by atoms with Gasteiger partial charge in [0.2, 0.25) is 15.9 Å². The van der Waals surface area contributed by atoms with Gasteiger partial charge in [0.1, 0.15) is 0 Å². The first-order valence-electron chi connectivity index (χ1n) is 6.33. The minimum Gasteiger partial charge on any atom is -0.354 e. The molecular weight excluding hydrogens is 252 g/mol. The van der Waals surface area contributed by atoms with Crippen molar-refractivity contribution < 1.29 is 13.2 Å². The molecule has 1 atom stereocenters. The van der Waals surface area contributed by atoms with Crippen LogP contribution in [-0.4, -0.2) is 44.0 Å². The van der Waals surface area contributed by atoms with Crippen LogP contribution in [0.1, 0.15) is 40.0 Å². The lowest BCUT2D eigenvalue weighted by atomic mass is 9.92. The van der Waals surface area contributed by atoms with Crippen LogP contribution in [0.3, 0.4) is 0 Å². The molecule has 1 fully saturated rings. The molecule has 0 aromatic carbocycles. The van der Waals surface area contributed by atoms with E-state index in [1.165, 1.54) is 10.6 Å². The molecule has 0 aromatic rings. The monoisotopic (exact) mass is 276 g/mol. The lowest BCUT2D eigenvalue weighted by Gasteiger charge is -2.23. The second kappa shape index (κ2) is 5.57. The Morgan fingerprint density at radius 3 is 2.50 bits per heavy atom. The van der Waals surface area contributed by atoms with Gasteiger partial charge in [0.05, 0.1) is 6.26 Å². The van der Waals surface area contributed by atoms with Crippen molar-refractivity contribution in [3.05, 3.63) is 0 Å². The van der Waals surface area contributed by atoms with Gasteiger partial charge in [-0.3, -0.25) is 4.79 Å². The Morgan fingerprint density at radius 1 is 1.39 bits per heavy atom. The van der Waals surface area contributed by atoms with Gasteiger partial charge in [-0.1, -0.05) is 20.8 Å². The van der Waals surface area contributed by atoms with Crippen molar-refractivity contribution in [3.63, 3.8) is 0 Å². The van der Waals surface area contributed by atoms with Crippen LogP contribution in [0.4, 0.5) is 0 Å². The van der Waals surface area contributed by atoms with Crippen LogP contribution < -0.4 is 5.32 Å². The third kappa shape index (κ3) is 4.94. The van der Waals surface area contributed by atoms with Crippen molar-refractivity contribution >= 4 is 15.9 Å². The van der Waals surface area contributed by atoms with Gasteiger partial charge < -0.3 is 5.32 Å². The molecule has 0 aromatic heterocycles. The van der Waals surface area contributed by atoms with Crippen LogP contribution in [-0.2, 0) is 14.8 Å². The first-order chi connectivity index (χ1) is 8.09. The van der Waals surface area contributed by atoms with E-state index in [4.69, 9.17) is 0 Å². The number of hydrogen-bond acceptors (Lipinski definition) is 3. The summed E-state index contributed by atoms with van der Waals surface area (Å²) in [5.41, 5.74) is -0.0454. The van der Waals surface area contributed by atoms with E-state index in [9.17, 15) is 13.2 Å².